The van der Waals surface area contributed by atoms with Crippen LogP contribution >= 0.6 is 28.1 Å². The fraction of sp³-hybridized carbons (Fsp3) is 0. The lowest BCUT2D eigenvalue weighted by Crippen LogP contribution is -1.96. The third-order valence-corrected chi connectivity index (χ3v) is 4.05. The number of imidazole rings is 1. The third kappa shape index (κ3) is 2.25. The Morgan fingerprint density at radius 1 is 1.05 bits per heavy atom. The first kappa shape index (κ1) is 13.6. The molecule has 0 aliphatic rings. The van der Waals surface area contributed by atoms with Crippen LogP contribution in [0, 0.1) is 27.4 Å². The van der Waals surface area contributed by atoms with Gasteiger partial charge in [0.15, 0.2) is 4.77 Å². The number of fused-ring (bicyclic) bond motifs is 1. The number of H-pyrrole nitrogens is 1. The number of benzene rings is 2. The average molecular weight is 355 g/mol. The van der Waals surface area contributed by atoms with Gasteiger partial charge in [0.05, 0.1) is 40.0 Å². The standard InChI is InChI=1S/C15H7BrN4S/c16-11-5-9(7-17)2-4-13(11)20-14-6-10(8-18)1-3-12(14)19-15(20)21/h1-6H,(H,19,21). The second-order valence-electron chi connectivity index (χ2n) is 4.39. The summed E-state index contributed by atoms with van der Waals surface area (Å²) in [5.74, 6) is 0. The number of nitriles is 2. The molecule has 0 bridgehead atoms. The molecule has 1 heterocycles. The topological polar surface area (TPSA) is 68.3 Å². The number of hydrogen-bond donors (Lipinski definition) is 1. The van der Waals surface area contributed by atoms with Crippen molar-refractivity contribution in [1.29, 1.82) is 10.5 Å². The Kier molecular flexibility index (Phi) is 3.34. The van der Waals surface area contributed by atoms with E-state index in [1.54, 1.807) is 24.3 Å². The maximum absolute atomic E-state index is 9.05. The molecule has 0 unspecified atom stereocenters. The number of nitrogens with zero attached hydrogens (tertiary/aromatic N) is 3. The van der Waals surface area contributed by atoms with E-state index < -0.39 is 0 Å². The van der Waals surface area contributed by atoms with Gasteiger partial charge < -0.3 is 4.98 Å². The van der Waals surface area contributed by atoms with Gasteiger partial charge in [0.2, 0.25) is 0 Å². The maximum atomic E-state index is 9.05. The molecular weight excluding hydrogens is 348 g/mol. The second kappa shape index (κ2) is 5.17. The van der Waals surface area contributed by atoms with Crippen LogP contribution < -0.4 is 0 Å². The molecule has 100 valence electrons. The van der Waals surface area contributed by atoms with E-state index in [1.807, 2.05) is 16.7 Å². The Bertz CT molecular complexity index is 1000. The van der Waals surface area contributed by atoms with E-state index >= 15 is 0 Å². The minimum absolute atomic E-state index is 0.533. The van der Waals surface area contributed by atoms with E-state index in [0.29, 0.717) is 15.9 Å². The van der Waals surface area contributed by atoms with Crippen molar-refractivity contribution < 1.29 is 0 Å². The van der Waals surface area contributed by atoms with E-state index in [2.05, 4.69) is 33.1 Å². The van der Waals surface area contributed by atoms with Gasteiger partial charge in [-0.05, 0) is 64.5 Å². The third-order valence-electron chi connectivity index (χ3n) is 3.13. The summed E-state index contributed by atoms with van der Waals surface area (Å²) < 4.78 is 3.14. The second-order valence-corrected chi connectivity index (χ2v) is 5.63. The van der Waals surface area contributed by atoms with E-state index in [4.69, 9.17) is 22.7 Å². The van der Waals surface area contributed by atoms with Crippen LogP contribution in [0.25, 0.3) is 16.7 Å². The van der Waals surface area contributed by atoms with Gasteiger partial charge in [-0.2, -0.15) is 10.5 Å². The highest BCUT2D eigenvalue weighted by Gasteiger charge is 2.10. The van der Waals surface area contributed by atoms with Gasteiger partial charge in [-0.15, -0.1) is 0 Å². The molecule has 2 aromatic carbocycles. The van der Waals surface area contributed by atoms with Gasteiger partial charge in [0, 0.05) is 4.47 Å². The summed E-state index contributed by atoms with van der Waals surface area (Å²) in [5, 5.41) is 18.0. The molecule has 4 nitrogen and oxygen atoms in total. The van der Waals surface area contributed by atoms with Crippen molar-refractivity contribution in [3.05, 3.63) is 56.8 Å². The molecule has 0 saturated heterocycles. The molecule has 3 aromatic rings. The zero-order valence-electron chi connectivity index (χ0n) is 10.6. The molecule has 1 N–H and O–H groups in total. The predicted molar refractivity (Wildman–Crippen MR) is 85.6 cm³/mol. The Morgan fingerprint density at radius 3 is 2.38 bits per heavy atom. The first-order valence-corrected chi connectivity index (χ1v) is 7.19. The van der Waals surface area contributed by atoms with Gasteiger partial charge in [-0.1, -0.05) is 0 Å². The summed E-state index contributed by atoms with van der Waals surface area (Å²) in [6, 6.07) is 14.9. The summed E-state index contributed by atoms with van der Waals surface area (Å²) in [4.78, 5) is 3.12. The van der Waals surface area contributed by atoms with E-state index in [-0.39, 0.29) is 0 Å². The fourth-order valence-electron chi connectivity index (χ4n) is 2.17. The largest absolute Gasteiger partial charge is 0.330 e. The van der Waals surface area contributed by atoms with Crippen LogP contribution in [0.3, 0.4) is 0 Å². The first-order chi connectivity index (χ1) is 10.1. The van der Waals surface area contributed by atoms with Crippen molar-refractivity contribution in [2.45, 2.75) is 0 Å². The van der Waals surface area contributed by atoms with Crippen LogP contribution in [0.4, 0.5) is 0 Å². The molecule has 3 rings (SSSR count). The summed E-state index contributed by atoms with van der Waals surface area (Å²) in [7, 11) is 0. The normalized spacial score (nSPS) is 10.2. The highest BCUT2D eigenvalue weighted by Crippen LogP contribution is 2.27. The molecule has 0 spiro atoms. The Morgan fingerprint density at radius 2 is 1.71 bits per heavy atom. The molecule has 0 saturated carbocycles. The quantitative estimate of drug-likeness (QED) is 0.666. The molecule has 21 heavy (non-hydrogen) atoms. The molecule has 0 radical (unpaired) electrons. The van der Waals surface area contributed by atoms with Gasteiger partial charge >= 0.3 is 0 Å². The van der Waals surface area contributed by atoms with E-state index in [0.717, 1.165) is 21.2 Å². The number of aromatic nitrogens is 2. The minimum Gasteiger partial charge on any atom is -0.330 e. The van der Waals surface area contributed by atoms with Gasteiger partial charge in [-0.3, -0.25) is 4.57 Å². The van der Waals surface area contributed by atoms with Crippen LogP contribution in [0.1, 0.15) is 11.1 Å². The zero-order valence-corrected chi connectivity index (χ0v) is 13.0. The number of aromatic amines is 1. The summed E-state index contributed by atoms with van der Waals surface area (Å²) in [5.41, 5.74) is 3.63. The number of nitrogens with one attached hydrogen (secondary N) is 1. The van der Waals surface area contributed by atoms with Crippen LogP contribution in [-0.4, -0.2) is 9.55 Å². The Balaban J connectivity index is 2.35. The van der Waals surface area contributed by atoms with Crippen molar-refractivity contribution in [3.63, 3.8) is 0 Å². The van der Waals surface area contributed by atoms with Gasteiger partial charge in [0.1, 0.15) is 0 Å². The molecule has 0 atom stereocenters. The van der Waals surface area contributed by atoms with Crippen molar-refractivity contribution in [3.8, 4) is 17.8 Å². The SMILES string of the molecule is N#Cc1ccc(-n2c(=S)[nH]c3ccc(C#N)cc32)c(Br)c1. The summed E-state index contributed by atoms with van der Waals surface area (Å²) in [6.07, 6.45) is 0. The molecule has 0 fully saturated rings. The number of hydrogen-bond acceptors (Lipinski definition) is 3. The predicted octanol–water partition coefficient (Wildman–Crippen LogP) is 4.19. The van der Waals surface area contributed by atoms with Crippen molar-refractivity contribution >= 4 is 39.2 Å². The van der Waals surface area contributed by atoms with Crippen LogP contribution in [-0.2, 0) is 0 Å². The molecule has 6 heteroatoms. The fourth-order valence-corrected chi connectivity index (χ4v) is 3.03. The molecular formula is C15H7BrN4S. The monoisotopic (exact) mass is 354 g/mol. The smallest absolute Gasteiger partial charge is 0.182 e. The lowest BCUT2D eigenvalue weighted by Gasteiger charge is -2.07. The zero-order chi connectivity index (χ0) is 15.0. The lowest BCUT2D eigenvalue weighted by molar-refractivity contribution is 1.06. The van der Waals surface area contributed by atoms with Crippen molar-refractivity contribution in [1.82, 2.24) is 9.55 Å². The first-order valence-electron chi connectivity index (χ1n) is 5.99. The highest BCUT2D eigenvalue weighted by molar-refractivity contribution is 9.10. The average Bonchev–Trinajstić information content (AvgIpc) is 2.82. The molecule has 0 aliphatic heterocycles. The molecule has 0 aliphatic carbocycles. The minimum atomic E-state index is 0.533. The Hall–Kier alpha value is -2.41. The van der Waals surface area contributed by atoms with Crippen LogP contribution in [0.15, 0.2) is 40.9 Å². The van der Waals surface area contributed by atoms with Crippen molar-refractivity contribution in [2.24, 2.45) is 0 Å². The Labute approximate surface area is 134 Å². The van der Waals surface area contributed by atoms with E-state index in [1.165, 1.54) is 0 Å². The van der Waals surface area contributed by atoms with E-state index in [9.17, 15) is 0 Å². The lowest BCUT2D eigenvalue weighted by atomic mass is 10.2. The summed E-state index contributed by atoms with van der Waals surface area (Å²) in [6.45, 7) is 0. The summed E-state index contributed by atoms with van der Waals surface area (Å²) >= 11 is 8.84. The number of halogens is 1. The van der Waals surface area contributed by atoms with Gasteiger partial charge in [0.25, 0.3) is 0 Å². The van der Waals surface area contributed by atoms with Gasteiger partial charge in [-0.25, -0.2) is 0 Å². The van der Waals surface area contributed by atoms with Crippen LogP contribution in [0.5, 0.6) is 0 Å². The number of rotatable bonds is 1. The maximum Gasteiger partial charge on any atom is 0.182 e. The molecule has 1 aromatic heterocycles. The highest BCUT2D eigenvalue weighted by atomic mass is 79.9. The van der Waals surface area contributed by atoms with Crippen LogP contribution in [0.2, 0.25) is 0 Å². The van der Waals surface area contributed by atoms with Crippen molar-refractivity contribution in [2.75, 3.05) is 0 Å². The molecule has 0 amide bonds.